The van der Waals surface area contributed by atoms with E-state index in [0.717, 1.165) is 12.0 Å². The Morgan fingerprint density at radius 2 is 1.68 bits per heavy atom. The Hall–Kier alpha value is -3.68. The largest absolute Gasteiger partial charge is 0.458 e. The summed E-state index contributed by atoms with van der Waals surface area (Å²) in [4.78, 5) is 45.6. The molecule has 1 unspecified atom stereocenters. The van der Waals surface area contributed by atoms with Crippen molar-refractivity contribution in [1.82, 2.24) is 10.2 Å². The fraction of sp³-hybridized carbons (Fsp3) is 0.448. The summed E-state index contributed by atoms with van der Waals surface area (Å²) < 4.78 is 5.53. The Labute approximate surface area is 219 Å². The van der Waals surface area contributed by atoms with Crippen molar-refractivity contribution in [3.63, 3.8) is 0 Å². The fourth-order valence-corrected chi connectivity index (χ4v) is 4.39. The van der Waals surface area contributed by atoms with E-state index in [9.17, 15) is 14.4 Å². The van der Waals surface area contributed by atoms with E-state index in [1.165, 1.54) is 7.11 Å². The Morgan fingerprint density at radius 3 is 2.30 bits per heavy atom. The number of carbonyl (C=O) groups is 3. The van der Waals surface area contributed by atoms with E-state index in [2.05, 4.69) is 10.5 Å². The number of likely N-dealkylation sites (tertiary alicyclic amines) is 1. The van der Waals surface area contributed by atoms with Crippen LogP contribution in [0.4, 0.5) is 0 Å². The number of ether oxygens (including phenoxy) is 1. The van der Waals surface area contributed by atoms with Gasteiger partial charge < -0.3 is 19.8 Å². The zero-order chi connectivity index (χ0) is 26.8. The topological polar surface area (TPSA) is 97.3 Å². The highest BCUT2D eigenvalue weighted by atomic mass is 16.6. The quantitative estimate of drug-likeness (QED) is 0.296. The third-order valence-electron chi connectivity index (χ3n) is 6.08. The normalized spacial score (nSPS) is 16.7. The molecule has 0 bridgehead atoms. The molecular formula is C29H37N3O5. The number of benzene rings is 2. The van der Waals surface area contributed by atoms with E-state index < -0.39 is 17.7 Å². The zero-order valence-electron chi connectivity index (χ0n) is 22.1. The van der Waals surface area contributed by atoms with E-state index >= 15 is 0 Å². The molecule has 0 spiro atoms. The van der Waals surface area contributed by atoms with Gasteiger partial charge in [0.2, 0.25) is 5.91 Å². The molecule has 2 atom stereocenters. The highest BCUT2D eigenvalue weighted by Crippen LogP contribution is 2.23. The summed E-state index contributed by atoms with van der Waals surface area (Å²) in [6, 6.07) is 17.7. The van der Waals surface area contributed by atoms with Crippen LogP contribution in [0, 0.1) is 0 Å². The number of rotatable bonds is 10. The average molecular weight is 508 g/mol. The van der Waals surface area contributed by atoms with Gasteiger partial charge in [-0.05, 0) is 64.2 Å². The predicted octanol–water partition coefficient (Wildman–Crippen LogP) is 4.14. The number of carbonyl (C=O) groups excluding carboxylic acids is 3. The second-order valence-corrected chi connectivity index (χ2v) is 10.1. The van der Waals surface area contributed by atoms with Crippen LogP contribution in [-0.2, 0) is 25.6 Å². The first-order valence-electron chi connectivity index (χ1n) is 12.7. The molecule has 1 fully saturated rings. The van der Waals surface area contributed by atoms with Crippen molar-refractivity contribution in [3.8, 4) is 0 Å². The molecule has 3 rings (SSSR count). The zero-order valence-corrected chi connectivity index (χ0v) is 22.1. The maximum Gasteiger partial charge on any atom is 0.329 e. The molecule has 1 aliphatic rings. The molecule has 1 N–H and O–H groups in total. The van der Waals surface area contributed by atoms with Gasteiger partial charge in [0.15, 0.2) is 0 Å². The van der Waals surface area contributed by atoms with Gasteiger partial charge in [-0.15, -0.1) is 0 Å². The third-order valence-corrected chi connectivity index (χ3v) is 6.08. The molecule has 0 aliphatic carbocycles. The number of oxime groups is 1. The Bertz CT molecular complexity index is 1080. The van der Waals surface area contributed by atoms with Crippen LogP contribution < -0.4 is 5.32 Å². The minimum absolute atomic E-state index is 0.133. The number of esters is 1. The minimum atomic E-state index is -0.617. The summed E-state index contributed by atoms with van der Waals surface area (Å²) in [7, 11) is 1.44. The molecule has 1 heterocycles. The Morgan fingerprint density at radius 1 is 1.03 bits per heavy atom. The first-order chi connectivity index (χ1) is 17.7. The van der Waals surface area contributed by atoms with Gasteiger partial charge >= 0.3 is 5.97 Å². The lowest BCUT2D eigenvalue weighted by molar-refractivity contribution is -0.163. The Kier molecular flexibility index (Phi) is 9.83. The summed E-state index contributed by atoms with van der Waals surface area (Å²) in [5.74, 6) is -0.757. The van der Waals surface area contributed by atoms with Gasteiger partial charge in [-0.2, -0.15) is 0 Å². The molecule has 2 amide bonds. The van der Waals surface area contributed by atoms with Crippen molar-refractivity contribution in [2.45, 2.75) is 70.6 Å². The predicted molar refractivity (Wildman–Crippen MR) is 142 cm³/mol. The van der Waals surface area contributed by atoms with Crippen LogP contribution in [0.25, 0.3) is 0 Å². The van der Waals surface area contributed by atoms with Crippen LogP contribution >= 0.6 is 0 Å². The SMILES string of the molecule is CO/N=C(\CCC(=O)N1CCC[C@H]1C(=O)OC(C)(C)C)C(Cc1ccccc1)NC(=O)c1ccccc1. The van der Waals surface area contributed by atoms with Gasteiger partial charge in [-0.25, -0.2) is 4.79 Å². The molecular weight excluding hydrogens is 470 g/mol. The third kappa shape index (κ3) is 8.44. The molecule has 0 saturated carbocycles. The van der Waals surface area contributed by atoms with E-state index in [-0.39, 0.29) is 30.6 Å². The molecule has 2 aromatic carbocycles. The van der Waals surface area contributed by atoms with Gasteiger partial charge in [0.1, 0.15) is 18.8 Å². The van der Waals surface area contributed by atoms with Gasteiger partial charge in [0.25, 0.3) is 5.91 Å². The van der Waals surface area contributed by atoms with Crippen LogP contribution in [0.1, 0.15) is 62.4 Å². The molecule has 2 aromatic rings. The minimum Gasteiger partial charge on any atom is -0.458 e. The molecule has 37 heavy (non-hydrogen) atoms. The Balaban J connectivity index is 1.73. The van der Waals surface area contributed by atoms with E-state index in [0.29, 0.717) is 30.7 Å². The van der Waals surface area contributed by atoms with Crippen LogP contribution in [-0.4, -0.2) is 59.7 Å². The highest BCUT2D eigenvalue weighted by molar-refractivity contribution is 6.00. The van der Waals surface area contributed by atoms with Crippen molar-refractivity contribution >= 4 is 23.5 Å². The fourth-order valence-electron chi connectivity index (χ4n) is 4.39. The van der Waals surface area contributed by atoms with Crippen molar-refractivity contribution in [3.05, 3.63) is 71.8 Å². The van der Waals surface area contributed by atoms with Crippen molar-refractivity contribution in [1.29, 1.82) is 0 Å². The van der Waals surface area contributed by atoms with Crippen molar-refractivity contribution in [2.24, 2.45) is 5.16 Å². The molecule has 0 aromatic heterocycles. The van der Waals surface area contributed by atoms with Crippen LogP contribution in [0.5, 0.6) is 0 Å². The first kappa shape index (κ1) is 27.9. The number of nitrogens with zero attached hydrogens (tertiary/aromatic N) is 2. The maximum absolute atomic E-state index is 13.2. The molecule has 0 radical (unpaired) electrons. The van der Waals surface area contributed by atoms with Crippen LogP contribution in [0.3, 0.4) is 0 Å². The number of nitrogens with one attached hydrogen (secondary N) is 1. The lowest BCUT2D eigenvalue weighted by atomic mass is 9.98. The number of hydrogen-bond acceptors (Lipinski definition) is 6. The molecule has 1 aliphatic heterocycles. The number of amides is 2. The standard InChI is InChI=1S/C29H37N3O5/c1-29(2,3)37-28(35)25-16-11-19-32(25)26(33)18-17-23(31-36-4)24(20-21-12-7-5-8-13-21)30-27(34)22-14-9-6-10-15-22/h5-10,12-15,24-25H,11,16-20H2,1-4H3,(H,30,34)/b31-23+/t24?,25-/m0/s1. The summed E-state index contributed by atoms with van der Waals surface area (Å²) in [6.07, 6.45) is 2.23. The van der Waals surface area contributed by atoms with Gasteiger partial charge in [-0.3, -0.25) is 9.59 Å². The van der Waals surface area contributed by atoms with E-state index in [1.807, 2.05) is 57.2 Å². The van der Waals surface area contributed by atoms with E-state index in [1.54, 1.807) is 29.2 Å². The summed E-state index contributed by atoms with van der Waals surface area (Å²) in [5, 5.41) is 7.27. The van der Waals surface area contributed by atoms with Crippen LogP contribution in [0.15, 0.2) is 65.8 Å². The van der Waals surface area contributed by atoms with Gasteiger partial charge in [-0.1, -0.05) is 53.7 Å². The highest BCUT2D eigenvalue weighted by Gasteiger charge is 2.37. The maximum atomic E-state index is 13.2. The lowest BCUT2D eigenvalue weighted by Crippen LogP contribution is -2.45. The number of hydrogen-bond donors (Lipinski definition) is 1. The molecule has 1 saturated heterocycles. The van der Waals surface area contributed by atoms with Crippen LogP contribution in [0.2, 0.25) is 0 Å². The average Bonchev–Trinajstić information content (AvgIpc) is 3.37. The van der Waals surface area contributed by atoms with Crippen molar-refractivity contribution < 1.29 is 24.0 Å². The van der Waals surface area contributed by atoms with E-state index in [4.69, 9.17) is 9.57 Å². The molecule has 8 heteroatoms. The second-order valence-electron chi connectivity index (χ2n) is 10.1. The first-order valence-corrected chi connectivity index (χ1v) is 12.7. The van der Waals surface area contributed by atoms with Crippen molar-refractivity contribution in [2.75, 3.05) is 13.7 Å². The summed E-state index contributed by atoms with van der Waals surface area (Å²) >= 11 is 0. The van der Waals surface area contributed by atoms with Gasteiger partial charge in [0.05, 0.1) is 11.8 Å². The summed E-state index contributed by atoms with van der Waals surface area (Å²) in [5.41, 5.74) is 1.48. The monoisotopic (exact) mass is 507 g/mol. The lowest BCUT2D eigenvalue weighted by Gasteiger charge is -2.28. The molecule has 8 nitrogen and oxygen atoms in total. The molecule has 198 valence electrons. The summed E-state index contributed by atoms with van der Waals surface area (Å²) in [6.45, 7) is 5.96. The van der Waals surface area contributed by atoms with Gasteiger partial charge in [0, 0.05) is 18.5 Å². The second kappa shape index (κ2) is 13.0. The smallest absolute Gasteiger partial charge is 0.329 e.